The number of methoxy groups -OCH3 is 2. The Kier molecular flexibility index (Phi) is 4.73. The summed E-state index contributed by atoms with van der Waals surface area (Å²) in [6, 6.07) is 6.22. The van der Waals surface area contributed by atoms with Gasteiger partial charge in [0.05, 0.1) is 18.1 Å². The van der Waals surface area contributed by atoms with Crippen molar-refractivity contribution in [3.05, 3.63) is 34.7 Å². The summed E-state index contributed by atoms with van der Waals surface area (Å²) in [6.45, 7) is 3.57. The first-order valence-corrected chi connectivity index (χ1v) is 6.85. The van der Waals surface area contributed by atoms with Crippen LogP contribution in [0.4, 0.5) is 0 Å². The second-order valence-electron chi connectivity index (χ2n) is 5.43. The Morgan fingerprint density at radius 3 is 2.64 bits per heavy atom. The van der Waals surface area contributed by atoms with Crippen molar-refractivity contribution in [2.75, 3.05) is 20.8 Å². The summed E-state index contributed by atoms with van der Waals surface area (Å²) in [4.78, 5) is 11.3. The number of rotatable bonds is 6. The van der Waals surface area contributed by atoms with Crippen LogP contribution in [-0.2, 0) is 4.74 Å². The highest BCUT2D eigenvalue weighted by Gasteiger charge is 2.28. The third-order valence-electron chi connectivity index (χ3n) is 3.64. The number of aliphatic hydroxyl groups is 1. The summed E-state index contributed by atoms with van der Waals surface area (Å²) in [5.41, 5.74) is -0.823. The van der Waals surface area contributed by atoms with Gasteiger partial charge in [0, 0.05) is 25.3 Å². The van der Waals surface area contributed by atoms with Gasteiger partial charge >= 0.3 is 5.63 Å². The van der Waals surface area contributed by atoms with Gasteiger partial charge in [-0.1, -0.05) is 0 Å². The molecule has 0 saturated carbocycles. The summed E-state index contributed by atoms with van der Waals surface area (Å²) in [7, 11) is 3.04. The van der Waals surface area contributed by atoms with Crippen molar-refractivity contribution < 1.29 is 23.7 Å². The lowest BCUT2D eigenvalue weighted by atomic mass is 10.0. The first-order valence-electron chi connectivity index (χ1n) is 6.85. The molecule has 0 aliphatic carbocycles. The van der Waals surface area contributed by atoms with Crippen LogP contribution in [0.3, 0.4) is 0 Å². The Morgan fingerprint density at radius 1 is 1.27 bits per heavy atom. The molecule has 0 saturated heterocycles. The van der Waals surface area contributed by atoms with Crippen molar-refractivity contribution in [2.45, 2.75) is 25.6 Å². The highest BCUT2D eigenvalue weighted by Crippen LogP contribution is 2.31. The lowest BCUT2D eigenvalue weighted by molar-refractivity contribution is -0.0913. The number of aliphatic hydroxyl groups excluding tert-OH is 1. The molecule has 1 aromatic heterocycles. The predicted octanol–water partition coefficient (Wildman–Crippen LogP) is 1.97. The Bertz CT molecular complexity index is 703. The molecule has 0 amide bonds. The zero-order valence-corrected chi connectivity index (χ0v) is 13.1. The summed E-state index contributed by atoms with van der Waals surface area (Å²) in [6.07, 6.45) is -0.825. The SMILES string of the molecule is COc1cc(OCC(O)C(C)(C)OC)c2ccc(=O)oc2c1. The van der Waals surface area contributed by atoms with E-state index in [1.165, 1.54) is 20.3 Å². The minimum absolute atomic E-state index is 0.0300. The number of hydrogen-bond donors (Lipinski definition) is 1. The molecular formula is C16H20O6. The lowest BCUT2D eigenvalue weighted by Gasteiger charge is -2.28. The summed E-state index contributed by atoms with van der Waals surface area (Å²) < 4.78 is 21.2. The van der Waals surface area contributed by atoms with Crippen LogP contribution in [0.2, 0.25) is 0 Å². The highest BCUT2D eigenvalue weighted by molar-refractivity contribution is 5.85. The van der Waals surface area contributed by atoms with E-state index >= 15 is 0 Å². The Morgan fingerprint density at radius 2 is 2.00 bits per heavy atom. The molecule has 0 aliphatic rings. The summed E-state index contributed by atoms with van der Waals surface area (Å²) >= 11 is 0. The fourth-order valence-corrected chi connectivity index (χ4v) is 1.86. The van der Waals surface area contributed by atoms with Gasteiger partial charge in [0.1, 0.15) is 29.8 Å². The number of hydrogen-bond acceptors (Lipinski definition) is 6. The average Bonchev–Trinajstić information content (AvgIpc) is 2.51. The third-order valence-corrected chi connectivity index (χ3v) is 3.64. The van der Waals surface area contributed by atoms with Crippen LogP contribution in [0.15, 0.2) is 33.5 Å². The van der Waals surface area contributed by atoms with E-state index in [0.29, 0.717) is 22.5 Å². The number of fused-ring (bicyclic) bond motifs is 1. The second-order valence-corrected chi connectivity index (χ2v) is 5.43. The lowest BCUT2D eigenvalue weighted by Crippen LogP contribution is -2.42. The topological polar surface area (TPSA) is 78.1 Å². The van der Waals surface area contributed by atoms with E-state index in [1.54, 1.807) is 32.0 Å². The maximum Gasteiger partial charge on any atom is 0.336 e. The predicted molar refractivity (Wildman–Crippen MR) is 81.6 cm³/mol. The Balaban J connectivity index is 2.32. The van der Waals surface area contributed by atoms with Gasteiger partial charge in [0.25, 0.3) is 0 Å². The van der Waals surface area contributed by atoms with E-state index in [4.69, 9.17) is 18.6 Å². The third kappa shape index (κ3) is 3.40. The molecule has 0 bridgehead atoms. The van der Waals surface area contributed by atoms with Crippen molar-refractivity contribution in [3.8, 4) is 11.5 Å². The van der Waals surface area contributed by atoms with Crippen LogP contribution >= 0.6 is 0 Å². The van der Waals surface area contributed by atoms with Gasteiger partial charge in [0.15, 0.2) is 0 Å². The first-order chi connectivity index (χ1) is 10.4. The first kappa shape index (κ1) is 16.3. The quantitative estimate of drug-likeness (QED) is 0.822. The minimum atomic E-state index is -0.825. The molecular weight excluding hydrogens is 288 g/mol. The maximum absolute atomic E-state index is 11.3. The molecule has 1 atom stereocenters. The van der Waals surface area contributed by atoms with Crippen molar-refractivity contribution in [1.82, 2.24) is 0 Å². The molecule has 6 nitrogen and oxygen atoms in total. The van der Waals surface area contributed by atoms with Crippen molar-refractivity contribution in [3.63, 3.8) is 0 Å². The van der Waals surface area contributed by atoms with Crippen molar-refractivity contribution in [1.29, 1.82) is 0 Å². The van der Waals surface area contributed by atoms with E-state index in [9.17, 15) is 9.90 Å². The van der Waals surface area contributed by atoms with Crippen LogP contribution in [0, 0.1) is 0 Å². The number of benzene rings is 1. The maximum atomic E-state index is 11.3. The molecule has 0 spiro atoms. The minimum Gasteiger partial charge on any atom is -0.496 e. The fourth-order valence-electron chi connectivity index (χ4n) is 1.86. The largest absolute Gasteiger partial charge is 0.496 e. The Labute approximate surface area is 128 Å². The molecule has 0 radical (unpaired) electrons. The molecule has 6 heteroatoms. The molecule has 120 valence electrons. The molecule has 0 fully saturated rings. The second kappa shape index (κ2) is 6.37. The van der Waals surface area contributed by atoms with Crippen LogP contribution in [-0.4, -0.2) is 37.6 Å². The van der Waals surface area contributed by atoms with E-state index in [-0.39, 0.29) is 6.61 Å². The van der Waals surface area contributed by atoms with E-state index in [1.807, 2.05) is 0 Å². The zero-order valence-electron chi connectivity index (χ0n) is 13.1. The summed E-state index contributed by atoms with van der Waals surface area (Å²) in [5, 5.41) is 10.8. The van der Waals surface area contributed by atoms with Gasteiger partial charge in [-0.15, -0.1) is 0 Å². The van der Waals surface area contributed by atoms with Gasteiger partial charge in [-0.25, -0.2) is 4.79 Å². The van der Waals surface area contributed by atoms with E-state index in [2.05, 4.69) is 0 Å². The van der Waals surface area contributed by atoms with Crippen LogP contribution < -0.4 is 15.1 Å². The molecule has 1 aromatic carbocycles. The van der Waals surface area contributed by atoms with Crippen molar-refractivity contribution in [2.24, 2.45) is 0 Å². The van der Waals surface area contributed by atoms with Gasteiger partial charge in [-0.3, -0.25) is 0 Å². The van der Waals surface area contributed by atoms with Gasteiger partial charge in [-0.05, 0) is 19.9 Å². The summed E-state index contributed by atoms with van der Waals surface area (Å²) in [5.74, 6) is 0.960. The van der Waals surface area contributed by atoms with E-state index < -0.39 is 17.3 Å². The van der Waals surface area contributed by atoms with Crippen molar-refractivity contribution >= 4 is 11.0 Å². The molecule has 1 heterocycles. The van der Waals surface area contributed by atoms with Crippen LogP contribution in [0.25, 0.3) is 11.0 Å². The van der Waals surface area contributed by atoms with Gasteiger partial charge in [-0.2, -0.15) is 0 Å². The van der Waals surface area contributed by atoms with Gasteiger partial charge < -0.3 is 23.7 Å². The molecule has 22 heavy (non-hydrogen) atoms. The molecule has 2 rings (SSSR count). The van der Waals surface area contributed by atoms with Crippen LogP contribution in [0.5, 0.6) is 11.5 Å². The molecule has 1 unspecified atom stereocenters. The fraction of sp³-hybridized carbons (Fsp3) is 0.438. The van der Waals surface area contributed by atoms with Crippen LogP contribution in [0.1, 0.15) is 13.8 Å². The Hall–Kier alpha value is -2.05. The van der Waals surface area contributed by atoms with E-state index in [0.717, 1.165) is 0 Å². The number of ether oxygens (including phenoxy) is 3. The highest BCUT2D eigenvalue weighted by atomic mass is 16.5. The molecule has 1 N–H and O–H groups in total. The smallest absolute Gasteiger partial charge is 0.336 e. The molecule has 0 aliphatic heterocycles. The average molecular weight is 308 g/mol. The standard InChI is InChI=1S/C16H20O6/c1-16(2,20-4)14(17)9-21-12-7-10(19-3)8-13-11(12)5-6-15(18)22-13/h5-8,14,17H,9H2,1-4H3. The van der Waals surface area contributed by atoms with Gasteiger partial charge in [0.2, 0.25) is 0 Å². The monoisotopic (exact) mass is 308 g/mol. The zero-order chi connectivity index (χ0) is 16.3. The normalized spacial score (nSPS) is 13.1. The molecule has 2 aromatic rings.